The summed E-state index contributed by atoms with van der Waals surface area (Å²) in [6, 6.07) is 7.84. The summed E-state index contributed by atoms with van der Waals surface area (Å²) in [5.74, 6) is -1.00. The molecule has 3 rings (SSSR count). The Balaban J connectivity index is 1.70. The maximum absolute atomic E-state index is 12.7. The number of pyridine rings is 1. The Hall–Kier alpha value is -2.19. The lowest BCUT2D eigenvalue weighted by Crippen LogP contribution is -2.46. The largest absolute Gasteiger partial charge is 0.449 e. The lowest BCUT2D eigenvalue weighted by Gasteiger charge is -2.29. The van der Waals surface area contributed by atoms with E-state index in [0.29, 0.717) is 29.2 Å². The van der Waals surface area contributed by atoms with E-state index in [1.165, 1.54) is 11.8 Å². The molecule has 1 aromatic carbocycles. The Labute approximate surface area is 168 Å². The molecule has 1 saturated heterocycles. The molecule has 2 heterocycles. The van der Waals surface area contributed by atoms with Gasteiger partial charge in [0.05, 0.1) is 22.6 Å². The van der Waals surface area contributed by atoms with Crippen LogP contribution in [0.3, 0.4) is 0 Å². The summed E-state index contributed by atoms with van der Waals surface area (Å²) in [6.07, 6.45) is -0.613. The number of ether oxygens (including phenoxy) is 1. The summed E-state index contributed by atoms with van der Waals surface area (Å²) < 4.78 is 28.8. The summed E-state index contributed by atoms with van der Waals surface area (Å²) in [5, 5.41) is 1.08. The second-order valence-electron chi connectivity index (χ2n) is 6.77. The normalized spacial score (nSPS) is 19.3. The van der Waals surface area contributed by atoms with Crippen LogP contribution in [0.1, 0.15) is 30.6 Å². The molecule has 0 spiro atoms. The fourth-order valence-electron chi connectivity index (χ4n) is 3.36. The van der Waals surface area contributed by atoms with Gasteiger partial charge in [-0.05, 0) is 50.6 Å². The van der Waals surface area contributed by atoms with Crippen molar-refractivity contribution < 1.29 is 22.7 Å². The number of carbonyl (C=O) groups excluding carboxylic acids is 2. The Morgan fingerprint density at radius 3 is 2.71 bits per heavy atom. The Kier molecular flexibility index (Phi) is 5.90. The predicted octanol–water partition coefficient (Wildman–Crippen LogP) is 2.47. The van der Waals surface area contributed by atoms with Gasteiger partial charge >= 0.3 is 5.97 Å². The minimum absolute atomic E-state index is 0.0481. The van der Waals surface area contributed by atoms with Crippen molar-refractivity contribution in [1.82, 2.24) is 9.88 Å². The zero-order chi connectivity index (χ0) is 20.5. The maximum Gasteiger partial charge on any atom is 0.338 e. The number of esters is 1. The van der Waals surface area contributed by atoms with Crippen molar-refractivity contribution in [3.8, 4) is 0 Å². The standard InChI is InChI=1S/C19H21ClN2O5S/c1-3-22(15-8-9-28(25,26)11-15)18(23)12(2)27-19(24)14-4-6-16-13(10-14)5-7-17(20)21-16/h4-7,10,12,15H,3,8-9,11H2,1-2H3. The third-order valence-electron chi connectivity index (χ3n) is 4.80. The molecule has 7 nitrogen and oxygen atoms in total. The number of likely N-dealkylation sites (N-methyl/N-ethyl adjacent to an activating group) is 1. The molecular weight excluding hydrogens is 404 g/mol. The quantitative estimate of drug-likeness (QED) is 0.540. The van der Waals surface area contributed by atoms with Crippen LogP contribution >= 0.6 is 11.6 Å². The highest BCUT2D eigenvalue weighted by Gasteiger charge is 2.36. The van der Waals surface area contributed by atoms with Crippen molar-refractivity contribution in [2.75, 3.05) is 18.1 Å². The van der Waals surface area contributed by atoms with Crippen molar-refractivity contribution in [1.29, 1.82) is 0 Å². The number of carbonyl (C=O) groups is 2. The van der Waals surface area contributed by atoms with Gasteiger partial charge in [0.1, 0.15) is 5.15 Å². The third-order valence-corrected chi connectivity index (χ3v) is 6.76. The molecule has 0 N–H and O–H groups in total. The predicted molar refractivity (Wildman–Crippen MR) is 106 cm³/mol. The van der Waals surface area contributed by atoms with Gasteiger partial charge < -0.3 is 9.64 Å². The summed E-state index contributed by atoms with van der Waals surface area (Å²) in [4.78, 5) is 30.8. The summed E-state index contributed by atoms with van der Waals surface area (Å²) in [7, 11) is -3.12. The van der Waals surface area contributed by atoms with E-state index >= 15 is 0 Å². The second-order valence-corrected chi connectivity index (χ2v) is 9.39. The lowest BCUT2D eigenvalue weighted by atomic mass is 10.1. The number of sulfone groups is 1. The number of fused-ring (bicyclic) bond motifs is 1. The second kappa shape index (κ2) is 8.05. The van der Waals surface area contributed by atoms with Crippen molar-refractivity contribution in [2.45, 2.75) is 32.4 Å². The molecule has 1 aliphatic heterocycles. The SMILES string of the molecule is CCN(C(=O)C(C)OC(=O)c1ccc2nc(Cl)ccc2c1)C1CCS(=O)(=O)C1. The number of nitrogens with zero attached hydrogens (tertiary/aromatic N) is 2. The molecule has 2 unspecified atom stereocenters. The van der Waals surface area contributed by atoms with Crippen LogP contribution in [0.2, 0.25) is 5.15 Å². The Bertz CT molecular complexity index is 1020. The van der Waals surface area contributed by atoms with Gasteiger partial charge in [0.2, 0.25) is 0 Å². The number of hydrogen-bond donors (Lipinski definition) is 0. The average molecular weight is 425 g/mol. The van der Waals surface area contributed by atoms with Crippen LogP contribution in [0.25, 0.3) is 10.9 Å². The lowest BCUT2D eigenvalue weighted by molar-refractivity contribution is -0.141. The topological polar surface area (TPSA) is 93.6 Å². The van der Waals surface area contributed by atoms with Gasteiger partial charge in [0, 0.05) is 18.0 Å². The van der Waals surface area contributed by atoms with E-state index in [1.54, 1.807) is 37.3 Å². The van der Waals surface area contributed by atoms with Crippen molar-refractivity contribution in [2.24, 2.45) is 0 Å². The number of aromatic nitrogens is 1. The van der Waals surface area contributed by atoms with Gasteiger partial charge in [-0.3, -0.25) is 4.79 Å². The molecule has 1 amide bonds. The molecule has 28 heavy (non-hydrogen) atoms. The van der Waals surface area contributed by atoms with Crippen LogP contribution in [0.5, 0.6) is 0 Å². The average Bonchev–Trinajstić information content (AvgIpc) is 3.01. The molecule has 2 atom stereocenters. The molecule has 0 saturated carbocycles. The highest BCUT2D eigenvalue weighted by atomic mass is 35.5. The van der Waals surface area contributed by atoms with Gasteiger partial charge in [-0.25, -0.2) is 18.2 Å². The van der Waals surface area contributed by atoms with E-state index in [-0.39, 0.29) is 17.5 Å². The van der Waals surface area contributed by atoms with Crippen LogP contribution in [0, 0.1) is 0 Å². The first kappa shape index (κ1) is 20.5. The number of rotatable bonds is 5. The fraction of sp³-hybridized carbons (Fsp3) is 0.421. The smallest absolute Gasteiger partial charge is 0.338 e. The highest BCUT2D eigenvalue weighted by Crippen LogP contribution is 2.20. The van der Waals surface area contributed by atoms with Gasteiger partial charge in [0.25, 0.3) is 5.91 Å². The van der Waals surface area contributed by atoms with E-state index in [1.807, 2.05) is 0 Å². The number of halogens is 1. The van der Waals surface area contributed by atoms with Crippen molar-refractivity contribution in [3.05, 3.63) is 41.0 Å². The van der Waals surface area contributed by atoms with Crippen LogP contribution in [0.15, 0.2) is 30.3 Å². The molecule has 2 aromatic rings. The minimum atomic E-state index is -3.12. The Morgan fingerprint density at radius 1 is 1.32 bits per heavy atom. The van der Waals surface area contributed by atoms with Crippen molar-refractivity contribution >= 4 is 44.2 Å². The van der Waals surface area contributed by atoms with Crippen LogP contribution in [0.4, 0.5) is 0 Å². The number of hydrogen-bond acceptors (Lipinski definition) is 6. The van der Waals surface area contributed by atoms with E-state index in [0.717, 1.165) is 5.39 Å². The highest BCUT2D eigenvalue weighted by molar-refractivity contribution is 7.91. The van der Waals surface area contributed by atoms with Crippen LogP contribution in [-0.2, 0) is 19.4 Å². The van der Waals surface area contributed by atoms with Crippen molar-refractivity contribution in [3.63, 3.8) is 0 Å². The number of amides is 1. The van der Waals surface area contributed by atoms with E-state index < -0.39 is 27.8 Å². The molecular formula is C19H21ClN2O5S. The van der Waals surface area contributed by atoms with Gasteiger partial charge in [-0.15, -0.1) is 0 Å². The summed E-state index contributed by atoms with van der Waals surface area (Å²) >= 11 is 5.86. The van der Waals surface area contributed by atoms with Gasteiger partial charge in [-0.2, -0.15) is 0 Å². The van der Waals surface area contributed by atoms with Gasteiger partial charge in [-0.1, -0.05) is 11.6 Å². The molecule has 150 valence electrons. The molecule has 1 aromatic heterocycles. The molecule has 0 bridgehead atoms. The Morgan fingerprint density at radius 2 is 2.07 bits per heavy atom. The zero-order valence-electron chi connectivity index (χ0n) is 15.6. The first-order valence-corrected chi connectivity index (χ1v) is 11.2. The van der Waals surface area contributed by atoms with Crippen LogP contribution < -0.4 is 0 Å². The molecule has 0 radical (unpaired) electrons. The van der Waals surface area contributed by atoms with Crippen LogP contribution in [-0.4, -0.2) is 60.4 Å². The molecule has 1 aliphatic rings. The molecule has 9 heteroatoms. The van der Waals surface area contributed by atoms with E-state index in [2.05, 4.69) is 4.98 Å². The summed E-state index contributed by atoms with van der Waals surface area (Å²) in [5.41, 5.74) is 0.940. The third kappa shape index (κ3) is 4.44. The first-order chi connectivity index (χ1) is 13.2. The maximum atomic E-state index is 12.7. The molecule has 0 aliphatic carbocycles. The van der Waals surface area contributed by atoms with E-state index in [4.69, 9.17) is 16.3 Å². The first-order valence-electron chi connectivity index (χ1n) is 8.98. The van der Waals surface area contributed by atoms with E-state index in [9.17, 15) is 18.0 Å². The van der Waals surface area contributed by atoms with Gasteiger partial charge in [0.15, 0.2) is 15.9 Å². The molecule has 1 fully saturated rings. The number of benzene rings is 1. The zero-order valence-corrected chi connectivity index (χ0v) is 17.2. The fourth-order valence-corrected chi connectivity index (χ4v) is 5.24. The monoisotopic (exact) mass is 424 g/mol. The minimum Gasteiger partial charge on any atom is -0.449 e. The summed E-state index contributed by atoms with van der Waals surface area (Å²) in [6.45, 7) is 3.62.